The van der Waals surface area contributed by atoms with E-state index < -0.39 is 6.04 Å². The first-order valence-corrected chi connectivity index (χ1v) is 7.32. The van der Waals surface area contributed by atoms with E-state index in [-0.39, 0.29) is 18.2 Å². The second-order valence-electron chi connectivity index (χ2n) is 5.68. The minimum atomic E-state index is -0.443. The van der Waals surface area contributed by atoms with Crippen molar-refractivity contribution in [2.24, 2.45) is 0 Å². The van der Waals surface area contributed by atoms with Crippen LogP contribution in [0, 0.1) is 6.92 Å². The molecule has 1 atom stereocenters. The Morgan fingerprint density at radius 2 is 2.05 bits per heavy atom. The number of benzene rings is 1. The summed E-state index contributed by atoms with van der Waals surface area (Å²) in [7, 11) is 3.97. The molecule has 1 aromatic carbocycles. The lowest BCUT2D eigenvalue weighted by atomic mass is 10.1. The van der Waals surface area contributed by atoms with Gasteiger partial charge in [0.1, 0.15) is 6.04 Å². The molecule has 1 fully saturated rings. The van der Waals surface area contributed by atoms with Gasteiger partial charge in [0.2, 0.25) is 5.91 Å². The fourth-order valence-electron chi connectivity index (χ4n) is 2.64. The molecular weight excluding hydrogens is 266 g/mol. The first kappa shape index (κ1) is 15.4. The van der Waals surface area contributed by atoms with Gasteiger partial charge in [-0.25, -0.2) is 0 Å². The molecule has 1 N–H and O–H groups in total. The number of imide groups is 1. The number of likely N-dealkylation sites (tertiary alicyclic amines) is 1. The van der Waals surface area contributed by atoms with Gasteiger partial charge in [-0.05, 0) is 31.0 Å². The normalized spacial score (nSPS) is 18.3. The first-order valence-electron chi connectivity index (χ1n) is 7.32. The lowest BCUT2D eigenvalue weighted by molar-refractivity contribution is -0.138. The van der Waals surface area contributed by atoms with Gasteiger partial charge < -0.3 is 10.2 Å². The molecule has 0 bridgehead atoms. The van der Waals surface area contributed by atoms with Crippen molar-refractivity contribution < 1.29 is 9.59 Å². The lowest BCUT2D eigenvalue weighted by Gasteiger charge is -2.19. The summed E-state index contributed by atoms with van der Waals surface area (Å²) < 4.78 is 0. The van der Waals surface area contributed by atoms with E-state index in [1.165, 1.54) is 10.5 Å². The van der Waals surface area contributed by atoms with Gasteiger partial charge in [0.25, 0.3) is 5.91 Å². The predicted molar refractivity (Wildman–Crippen MR) is 84.5 cm³/mol. The quantitative estimate of drug-likeness (QED) is 0.843. The van der Waals surface area contributed by atoms with Crippen LogP contribution in [0.25, 0.3) is 0 Å². The zero-order chi connectivity index (χ0) is 15.6. The zero-order valence-electron chi connectivity index (χ0n) is 13.1. The number of anilines is 2. The second-order valence-corrected chi connectivity index (χ2v) is 5.68. The summed E-state index contributed by atoms with van der Waals surface area (Å²) in [6.07, 6.45) is 1.03. The van der Waals surface area contributed by atoms with E-state index >= 15 is 0 Å². The molecule has 1 unspecified atom stereocenters. The Morgan fingerprint density at radius 3 is 2.67 bits per heavy atom. The van der Waals surface area contributed by atoms with Crippen molar-refractivity contribution in [3.8, 4) is 0 Å². The van der Waals surface area contributed by atoms with Gasteiger partial charge in [0.05, 0.1) is 6.42 Å². The van der Waals surface area contributed by atoms with Crippen molar-refractivity contribution in [3.05, 3.63) is 23.8 Å². The number of rotatable bonds is 5. The molecule has 1 aliphatic heterocycles. The molecule has 1 aliphatic rings. The molecule has 2 amide bonds. The van der Waals surface area contributed by atoms with Gasteiger partial charge in [-0.15, -0.1) is 0 Å². The standard InChI is InChI=1S/C16H23N3O2/c1-5-8-19-15(20)10-13(16(19)21)17-12-7-6-11(2)14(9-12)18(3)4/h6-7,9,13,17H,5,8,10H2,1-4H3. The van der Waals surface area contributed by atoms with Crippen LogP contribution in [0.2, 0.25) is 0 Å². The van der Waals surface area contributed by atoms with Crippen LogP contribution in [0.4, 0.5) is 11.4 Å². The van der Waals surface area contributed by atoms with Crippen molar-refractivity contribution in [1.82, 2.24) is 4.90 Å². The van der Waals surface area contributed by atoms with E-state index in [2.05, 4.69) is 5.32 Å². The van der Waals surface area contributed by atoms with E-state index in [0.29, 0.717) is 6.54 Å². The van der Waals surface area contributed by atoms with E-state index in [0.717, 1.165) is 17.8 Å². The SMILES string of the molecule is CCCN1C(=O)CC(Nc2ccc(C)c(N(C)C)c2)C1=O. The summed E-state index contributed by atoms with van der Waals surface area (Å²) in [5, 5.41) is 3.19. The molecule has 0 saturated carbocycles. The highest BCUT2D eigenvalue weighted by Crippen LogP contribution is 2.25. The third-order valence-electron chi connectivity index (χ3n) is 3.72. The summed E-state index contributed by atoms with van der Waals surface area (Å²) >= 11 is 0. The second kappa shape index (κ2) is 6.16. The number of nitrogens with zero attached hydrogens (tertiary/aromatic N) is 2. The van der Waals surface area contributed by atoms with Crippen molar-refractivity contribution >= 4 is 23.2 Å². The van der Waals surface area contributed by atoms with Crippen molar-refractivity contribution in [3.63, 3.8) is 0 Å². The molecule has 21 heavy (non-hydrogen) atoms. The Bertz CT molecular complexity index is 554. The molecule has 5 heteroatoms. The highest BCUT2D eigenvalue weighted by molar-refractivity contribution is 6.06. The predicted octanol–water partition coefficient (Wildman–Crippen LogP) is 2.01. The third-order valence-corrected chi connectivity index (χ3v) is 3.72. The Balaban J connectivity index is 2.14. The average Bonchev–Trinajstić information content (AvgIpc) is 2.69. The fraction of sp³-hybridized carbons (Fsp3) is 0.500. The van der Waals surface area contributed by atoms with Crippen LogP contribution in [-0.4, -0.2) is 43.4 Å². The van der Waals surface area contributed by atoms with Crippen molar-refractivity contribution in [2.45, 2.75) is 32.7 Å². The van der Waals surface area contributed by atoms with Crippen LogP contribution in [-0.2, 0) is 9.59 Å². The molecule has 0 aliphatic carbocycles. The smallest absolute Gasteiger partial charge is 0.252 e. The number of amides is 2. The van der Waals surface area contributed by atoms with E-state index in [1.54, 1.807) is 0 Å². The first-order chi connectivity index (χ1) is 9.93. The molecule has 0 radical (unpaired) electrons. The topological polar surface area (TPSA) is 52.7 Å². The molecule has 114 valence electrons. The molecule has 1 heterocycles. The van der Waals surface area contributed by atoms with Gasteiger partial charge in [-0.1, -0.05) is 13.0 Å². The van der Waals surface area contributed by atoms with Gasteiger partial charge in [-0.2, -0.15) is 0 Å². The van der Waals surface area contributed by atoms with Crippen LogP contribution in [0.1, 0.15) is 25.3 Å². The van der Waals surface area contributed by atoms with E-state index in [9.17, 15) is 9.59 Å². The van der Waals surface area contributed by atoms with E-state index in [4.69, 9.17) is 0 Å². The summed E-state index contributed by atoms with van der Waals surface area (Å²) in [4.78, 5) is 27.5. The Hall–Kier alpha value is -2.04. The van der Waals surface area contributed by atoms with Crippen LogP contribution >= 0.6 is 0 Å². The van der Waals surface area contributed by atoms with Gasteiger partial charge in [-0.3, -0.25) is 14.5 Å². The number of hydrogen-bond donors (Lipinski definition) is 1. The van der Waals surface area contributed by atoms with Crippen LogP contribution in [0.5, 0.6) is 0 Å². The third kappa shape index (κ3) is 3.17. The summed E-state index contributed by atoms with van der Waals surface area (Å²) in [6.45, 7) is 4.52. The van der Waals surface area contributed by atoms with E-state index in [1.807, 2.05) is 51.0 Å². The molecular formula is C16H23N3O2. The molecule has 5 nitrogen and oxygen atoms in total. The number of aryl methyl sites for hydroxylation is 1. The Labute approximate surface area is 125 Å². The minimum Gasteiger partial charge on any atom is -0.377 e. The van der Waals surface area contributed by atoms with Crippen molar-refractivity contribution in [2.75, 3.05) is 30.9 Å². The summed E-state index contributed by atoms with van der Waals surface area (Å²) in [6, 6.07) is 5.53. The molecule has 0 spiro atoms. The largest absolute Gasteiger partial charge is 0.377 e. The van der Waals surface area contributed by atoms with Gasteiger partial charge in [0, 0.05) is 32.0 Å². The highest BCUT2D eigenvalue weighted by atomic mass is 16.2. The number of nitrogens with one attached hydrogen (secondary N) is 1. The number of carbonyl (C=O) groups is 2. The maximum atomic E-state index is 12.2. The summed E-state index contributed by atoms with van der Waals surface area (Å²) in [5.74, 6) is -0.201. The number of carbonyl (C=O) groups excluding carboxylic acids is 2. The van der Waals surface area contributed by atoms with Gasteiger partial charge >= 0.3 is 0 Å². The molecule has 1 saturated heterocycles. The molecule has 1 aromatic rings. The van der Waals surface area contributed by atoms with Crippen LogP contribution < -0.4 is 10.2 Å². The molecule has 2 rings (SSSR count). The maximum Gasteiger partial charge on any atom is 0.252 e. The number of hydrogen-bond acceptors (Lipinski definition) is 4. The van der Waals surface area contributed by atoms with Gasteiger partial charge in [0.15, 0.2) is 0 Å². The maximum absolute atomic E-state index is 12.2. The average molecular weight is 289 g/mol. The van der Waals surface area contributed by atoms with Crippen LogP contribution in [0.3, 0.4) is 0 Å². The highest BCUT2D eigenvalue weighted by Gasteiger charge is 2.37. The van der Waals surface area contributed by atoms with Crippen molar-refractivity contribution in [1.29, 1.82) is 0 Å². The summed E-state index contributed by atoms with van der Waals surface area (Å²) in [5.41, 5.74) is 3.14. The van der Waals surface area contributed by atoms with Crippen LogP contribution in [0.15, 0.2) is 18.2 Å². The Kier molecular flexibility index (Phi) is 4.50. The minimum absolute atomic E-state index is 0.0840. The lowest BCUT2D eigenvalue weighted by Crippen LogP contribution is -2.35. The zero-order valence-corrected chi connectivity index (χ0v) is 13.1. The molecule has 0 aromatic heterocycles. The Morgan fingerprint density at radius 1 is 1.33 bits per heavy atom. The fourth-order valence-corrected chi connectivity index (χ4v) is 2.64. The monoisotopic (exact) mass is 289 g/mol.